The van der Waals surface area contributed by atoms with Crippen molar-refractivity contribution >= 4 is 11.6 Å². The average Bonchev–Trinajstić information content (AvgIpc) is 3.01. The van der Waals surface area contributed by atoms with Crippen LogP contribution in [0.4, 0.5) is 0 Å². The third-order valence-electron chi connectivity index (χ3n) is 6.06. The monoisotopic (exact) mass is 369 g/mol. The van der Waals surface area contributed by atoms with E-state index in [9.17, 15) is 0 Å². The maximum atomic E-state index is 6.21. The van der Waals surface area contributed by atoms with Crippen molar-refractivity contribution < 1.29 is 4.74 Å². The van der Waals surface area contributed by atoms with Crippen molar-refractivity contribution in [2.24, 2.45) is 5.92 Å². The van der Waals surface area contributed by atoms with Crippen LogP contribution in [-0.4, -0.2) is 30.1 Å². The van der Waals surface area contributed by atoms with Crippen LogP contribution in [0.5, 0.6) is 5.75 Å². The van der Waals surface area contributed by atoms with Gasteiger partial charge in [-0.05, 0) is 74.9 Å². The lowest BCUT2D eigenvalue weighted by atomic mass is 9.87. The van der Waals surface area contributed by atoms with Gasteiger partial charge in [0.1, 0.15) is 5.75 Å². The van der Waals surface area contributed by atoms with Gasteiger partial charge >= 0.3 is 0 Å². The molecule has 3 atom stereocenters. The Hall–Kier alpha value is -1.51. The van der Waals surface area contributed by atoms with E-state index in [1.165, 1.54) is 36.0 Å². The molecule has 1 fully saturated rings. The van der Waals surface area contributed by atoms with Crippen LogP contribution in [0.3, 0.4) is 0 Å². The SMILES string of the molecule is Cc1ccc(OC[C@H]2C[C@@H](C)N(C3CCc4ccc(Cl)cc4C3)C2)cc1. The van der Waals surface area contributed by atoms with Crippen molar-refractivity contribution in [3.63, 3.8) is 0 Å². The number of nitrogens with zero attached hydrogens (tertiary/aromatic N) is 1. The van der Waals surface area contributed by atoms with Gasteiger partial charge in [0, 0.05) is 29.6 Å². The fourth-order valence-electron chi connectivity index (χ4n) is 4.64. The van der Waals surface area contributed by atoms with Gasteiger partial charge in [-0.15, -0.1) is 0 Å². The summed E-state index contributed by atoms with van der Waals surface area (Å²) in [4.78, 5) is 2.72. The van der Waals surface area contributed by atoms with Gasteiger partial charge in [0.2, 0.25) is 0 Å². The van der Waals surface area contributed by atoms with E-state index < -0.39 is 0 Å². The zero-order chi connectivity index (χ0) is 18.1. The van der Waals surface area contributed by atoms with Crippen LogP contribution >= 0.6 is 11.6 Å². The Kier molecular flexibility index (Phi) is 5.24. The Morgan fingerprint density at radius 2 is 1.92 bits per heavy atom. The first-order chi connectivity index (χ1) is 12.6. The molecule has 1 aliphatic heterocycles. The minimum atomic E-state index is 0.618. The molecule has 138 valence electrons. The highest BCUT2D eigenvalue weighted by Crippen LogP contribution is 2.33. The van der Waals surface area contributed by atoms with Crippen LogP contribution in [0, 0.1) is 12.8 Å². The van der Waals surface area contributed by atoms with Crippen molar-refractivity contribution in [2.45, 2.75) is 51.6 Å². The summed E-state index contributed by atoms with van der Waals surface area (Å²) < 4.78 is 6.06. The fraction of sp³-hybridized carbons (Fsp3) is 0.478. The largest absolute Gasteiger partial charge is 0.493 e. The van der Waals surface area contributed by atoms with E-state index in [-0.39, 0.29) is 0 Å². The number of halogens is 1. The second kappa shape index (κ2) is 7.62. The van der Waals surface area contributed by atoms with Gasteiger partial charge in [0.05, 0.1) is 6.61 Å². The maximum Gasteiger partial charge on any atom is 0.119 e. The predicted molar refractivity (Wildman–Crippen MR) is 108 cm³/mol. The van der Waals surface area contributed by atoms with Crippen LogP contribution in [0.1, 0.15) is 36.5 Å². The third kappa shape index (κ3) is 3.92. The van der Waals surface area contributed by atoms with Crippen molar-refractivity contribution in [2.75, 3.05) is 13.2 Å². The number of likely N-dealkylation sites (tertiary alicyclic amines) is 1. The molecule has 0 amide bonds. The maximum absolute atomic E-state index is 6.21. The topological polar surface area (TPSA) is 12.5 Å². The zero-order valence-corrected chi connectivity index (χ0v) is 16.5. The summed E-state index contributed by atoms with van der Waals surface area (Å²) in [5.41, 5.74) is 4.20. The molecular weight excluding hydrogens is 342 g/mol. The zero-order valence-electron chi connectivity index (χ0n) is 15.7. The Bertz CT molecular complexity index is 757. The summed E-state index contributed by atoms with van der Waals surface area (Å²) in [7, 11) is 0. The van der Waals surface area contributed by atoms with Crippen molar-refractivity contribution in [3.05, 3.63) is 64.2 Å². The molecule has 1 unspecified atom stereocenters. The van der Waals surface area contributed by atoms with E-state index in [4.69, 9.17) is 16.3 Å². The minimum Gasteiger partial charge on any atom is -0.493 e. The Balaban J connectivity index is 1.36. The molecule has 0 aromatic heterocycles. The summed E-state index contributed by atoms with van der Waals surface area (Å²) in [5, 5.41) is 0.864. The van der Waals surface area contributed by atoms with Crippen LogP contribution in [-0.2, 0) is 12.8 Å². The molecule has 4 rings (SSSR count). The van der Waals surface area contributed by atoms with Gasteiger partial charge in [0.25, 0.3) is 0 Å². The van der Waals surface area contributed by atoms with E-state index >= 15 is 0 Å². The molecule has 0 N–H and O–H groups in total. The molecule has 0 saturated carbocycles. The summed E-state index contributed by atoms with van der Waals surface area (Å²) in [6.45, 7) is 6.45. The number of ether oxygens (including phenoxy) is 1. The first-order valence-electron chi connectivity index (χ1n) is 9.81. The minimum absolute atomic E-state index is 0.618. The lowest BCUT2D eigenvalue weighted by Gasteiger charge is -2.35. The Labute approximate surface area is 162 Å². The molecule has 1 aliphatic carbocycles. The quantitative estimate of drug-likeness (QED) is 0.725. The molecule has 0 radical (unpaired) electrons. The third-order valence-corrected chi connectivity index (χ3v) is 6.29. The smallest absolute Gasteiger partial charge is 0.119 e. The number of hydrogen-bond donors (Lipinski definition) is 0. The number of fused-ring (bicyclic) bond motifs is 1. The average molecular weight is 370 g/mol. The summed E-state index contributed by atoms with van der Waals surface area (Å²) in [6.07, 6.45) is 4.78. The fourth-order valence-corrected chi connectivity index (χ4v) is 4.83. The van der Waals surface area contributed by atoms with Crippen LogP contribution in [0.15, 0.2) is 42.5 Å². The van der Waals surface area contributed by atoms with Crippen molar-refractivity contribution in [3.8, 4) is 5.75 Å². The van der Waals surface area contributed by atoms with Gasteiger partial charge in [-0.3, -0.25) is 4.90 Å². The second-order valence-corrected chi connectivity index (χ2v) is 8.52. The molecule has 1 saturated heterocycles. The number of aryl methyl sites for hydroxylation is 2. The van der Waals surface area contributed by atoms with Crippen LogP contribution in [0.2, 0.25) is 5.02 Å². The van der Waals surface area contributed by atoms with E-state index in [1.54, 1.807) is 0 Å². The van der Waals surface area contributed by atoms with Gasteiger partial charge in [-0.25, -0.2) is 0 Å². The summed E-state index contributed by atoms with van der Waals surface area (Å²) in [5.74, 6) is 1.61. The van der Waals surface area contributed by atoms with E-state index in [2.05, 4.69) is 55.1 Å². The molecule has 2 aliphatic rings. The normalized spacial score (nSPS) is 25.9. The molecule has 26 heavy (non-hydrogen) atoms. The highest BCUT2D eigenvalue weighted by Gasteiger charge is 2.35. The van der Waals surface area contributed by atoms with Crippen LogP contribution in [0.25, 0.3) is 0 Å². The van der Waals surface area contributed by atoms with Crippen molar-refractivity contribution in [1.29, 1.82) is 0 Å². The lowest BCUT2D eigenvalue weighted by molar-refractivity contribution is 0.164. The van der Waals surface area contributed by atoms with Crippen LogP contribution < -0.4 is 4.74 Å². The molecule has 2 nitrogen and oxygen atoms in total. The van der Waals surface area contributed by atoms with E-state index in [0.29, 0.717) is 18.0 Å². The molecule has 3 heteroatoms. The summed E-state index contributed by atoms with van der Waals surface area (Å²) in [6, 6.07) is 16.1. The van der Waals surface area contributed by atoms with Crippen molar-refractivity contribution in [1.82, 2.24) is 4.90 Å². The molecule has 0 bridgehead atoms. The Morgan fingerprint density at radius 1 is 1.12 bits per heavy atom. The second-order valence-electron chi connectivity index (χ2n) is 8.08. The molecule has 1 heterocycles. The molecule has 2 aromatic rings. The van der Waals surface area contributed by atoms with Gasteiger partial charge < -0.3 is 4.74 Å². The summed E-state index contributed by atoms with van der Waals surface area (Å²) >= 11 is 6.21. The lowest BCUT2D eigenvalue weighted by Crippen LogP contribution is -2.41. The predicted octanol–water partition coefficient (Wildman–Crippen LogP) is 5.30. The van der Waals surface area contributed by atoms with Gasteiger partial charge in [-0.1, -0.05) is 35.4 Å². The first-order valence-corrected chi connectivity index (χ1v) is 10.2. The van der Waals surface area contributed by atoms with Gasteiger partial charge in [-0.2, -0.15) is 0 Å². The van der Waals surface area contributed by atoms with Gasteiger partial charge in [0.15, 0.2) is 0 Å². The molecule has 2 aromatic carbocycles. The van der Waals surface area contributed by atoms with E-state index in [1.807, 2.05) is 6.07 Å². The Morgan fingerprint density at radius 3 is 2.73 bits per heavy atom. The first kappa shape index (κ1) is 17.9. The molecule has 0 spiro atoms. The number of rotatable bonds is 4. The standard InChI is InChI=1S/C23H28ClNO/c1-16-3-9-23(10-4-16)26-15-18-11-17(2)25(14-18)22-8-6-19-5-7-21(24)12-20(19)13-22/h3-5,7,9-10,12,17-18,22H,6,8,11,13-15H2,1-2H3/t17-,18+,22?/m1/s1. The highest BCUT2D eigenvalue weighted by atomic mass is 35.5. The molecular formula is C23H28ClNO. The van der Waals surface area contributed by atoms with E-state index in [0.717, 1.165) is 30.3 Å². The number of hydrogen-bond acceptors (Lipinski definition) is 2. The highest BCUT2D eigenvalue weighted by molar-refractivity contribution is 6.30. The number of benzene rings is 2.